The van der Waals surface area contributed by atoms with Crippen LogP contribution in [-0.2, 0) is 11.2 Å². The van der Waals surface area contributed by atoms with Crippen molar-refractivity contribution >= 4 is 17.6 Å². The number of carboxylic acids is 1. The van der Waals surface area contributed by atoms with Gasteiger partial charge < -0.3 is 15.5 Å². The standard InChI is InChI=1S/C16H15NO4/c18-14(19)10-9-11-7-4-8-13(15(11)20)17-16(21)12-5-2-1-3-6-12/h1-8,20H,9-10H2,(H,17,21)(H,18,19). The molecule has 0 aliphatic rings. The molecule has 0 radical (unpaired) electrons. The first kappa shape index (κ1) is 14.6. The molecule has 108 valence electrons. The van der Waals surface area contributed by atoms with Crippen molar-refractivity contribution in [1.82, 2.24) is 0 Å². The molecule has 0 fully saturated rings. The Hall–Kier alpha value is -2.82. The van der Waals surface area contributed by atoms with Gasteiger partial charge in [0.1, 0.15) is 5.75 Å². The van der Waals surface area contributed by atoms with Gasteiger partial charge in [0.2, 0.25) is 0 Å². The van der Waals surface area contributed by atoms with E-state index in [1.807, 2.05) is 0 Å². The normalized spacial score (nSPS) is 10.1. The van der Waals surface area contributed by atoms with Crippen LogP contribution in [0, 0.1) is 0 Å². The molecular weight excluding hydrogens is 270 g/mol. The molecule has 2 aromatic carbocycles. The number of aryl methyl sites for hydroxylation is 1. The number of carbonyl (C=O) groups excluding carboxylic acids is 1. The molecule has 2 rings (SSSR count). The maximum absolute atomic E-state index is 12.0. The molecule has 0 atom stereocenters. The Balaban J connectivity index is 2.15. The van der Waals surface area contributed by atoms with E-state index in [9.17, 15) is 14.7 Å². The van der Waals surface area contributed by atoms with E-state index in [0.29, 0.717) is 11.1 Å². The average molecular weight is 285 g/mol. The van der Waals surface area contributed by atoms with E-state index in [2.05, 4.69) is 5.32 Å². The quantitative estimate of drug-likeness (QED) is 0.737. The van der Waals surface area contributed by atoms with Gasteiger partial charge in [0.25, 0.3) is 5.91 Å². The molecule has 5 nitrogen and oxygen atoms in total. The Bertz CT molecular complexity index is 653. The topological polar surface area (TPSA) is 86.6 Å². The lowest BCUT2D eigenvalue weighted by Gasteiger charge is -2.10. The number of para-hydroxylation sites is 1. The van der Waals surface area contributed by atoms with E-state index < -0.39 is 5.97 Å². The van der Waals surface area contributed by atoms with Crippen LogP contribution in [0.4, 0.5) is 5.69 Å². The van der Waals surface area contributed by atoms with Crippen molar-refractivity contribution < 1.29 is 19.8 Å². The summed E-state index contributed by atoms with van der Waals surface area (Å²) in [7, 11) is 0. The molecule has 0 aromatic heterocycles. The van der Waals surface area contributed by atoms with E-state index >= 15 is 0 Å². The van der Waals surface area contributed by atoms with Crippen LogP contribution >= 0.6 is 0 Å². The van der Waals surface area contributed by atoms with E-state index in [1.54, 1.807) is 48.5 Å². The van der Waals surface area contributed by atoms with Crippen molar-refractivity contribution in [2.24, 2.45) is 0 Å². The number of aliphatic carboxylic acids is 1. The first-order valence-corrected chi connectivity index (χ1v) is 6.47. The minimum Gasteiger partial charge on any atom is -0.505 e. The molecule has 1 amide bonds. The third-order valence-electron chi connectivity index (χ3n) is 3.01. The molecule has 0 heterocycles. The van der Waals surface area contributed by atoms with Gasteiger partial charge in [-0.2, -0.15) is 0 Å². The van der Waals surface area contributed by atoms with Crippen molar-refractivity contribution in [2.75, 3.05) is 5.32 Å². The number of phenols is 1. The second-order valence-electron chi connectivity index (χ2n) is 4.53. The van der Waals surface area contributed by atoms with Crippen LogP contribution in [-0.4, -0.2) is 22.1 Å². The van der Waals surface area contributed by atoms with E-state index in [1.165, 1.54) is 0 Å². The Labute approximate surface area is 121 Å². The summed E-state index contributed by atoms with van der Waals surface area (Å²) in [4.78, 5) is 22.6. The number of nitrogens with one attached hydrogen (secondary N) is 1. The Morgan fingerprint density at radius 3 is 2.38 bits per heavy atom. The lowest BCUT2D eigenvalue weighted by molar-refractivity contribution is -0.136. The van der Waals surface area contributed by atoms with Gasteiger partial charge >= 0.3 is 5.97 Å². The van der Waals surface area contributed by atoms with Crippen LogP contribution in [0.15, 0.2) is 48.5 Å². The van der Waals surface area contributed by atoms with Crippen molar-refractivity contribution in [2.45, 2.75) is 12.8 Å². The maximum atomic E-state index is 12.0. The van der Waals surface area contributed by atoms with Crippen LogP contribution in [0.3, 0.4) is 0 Å². The highest BCUT2D eigenvalue weighted by Crippen LogP contribution is 2.28. The van der Waals surface area contributed by atoms with E-state index in [-0.39, 0.29) is 30.2 Å². The number of hydrogen-bond donors (Lipinski definition) is 3. The number of phenolic OH excluding ortho intramolecular Hbond substituents is 1. The third-order valence-corrected chi connectivity index (χ3v) is 3.01. The SMILES string of the molecule is O=C(O)CCc1cccc(NC(=O)c2ccccc2)c1O. The van der Waals surface area contributed by atoms with Crippen LogP contribution in [0.5, 0.6) is 5.75 Å². The Morgan fingerprint density at radius 1 is 1.00 bits per heavy atom. The smallest absolute Gasteiger partial charge is 0.303 e. The molecule has 0 aliphatic heterocycles. The van der Waals surface area contributed by atoms with Gasteiger partial charge in [-0.05, 0) is 30.2 Å². The number of anilines is 1. The molecule has 0 unspecified atom stereocenters. The minimum absolute atomic E-state index is 0.0797. The molecular formula is C16H15NO4. The summed E-state index contributed by atoms with van der Waals surface area (Å²) < 4.78 is 0. The number of carboxylic acid groups (broad SMARTS) is 1. The monoisotopic (exact) mass is 285 g/mol. The van der Waals surface area contributed by atoms with Gasteiger partial charge in [-0.15, -0.1) is 0 Å². The van der Waals surface area contributed by atoms with Crippen LogP contribution < -0.4 is 5.32 Å². The van der Waals surface area contributed by atoms with Gasteiger partial charge in [-0.3, -0.25) is 9.59 Å². The van der Waals surface area contributed by atoms with E-state index in [0.717, 1.165) is 0 Å². The van der Waals surface area contributed by atoms with Gasteiger partial charge in [-0.1, -0.05) is 30.3 Å². The summed E-state index contributed by atoms with van der Waals surface area (Å²) in [5.74, 6) is -1.36. The van der Waals surface area contributed by atoms with Crippen molar-refractivity contribution in [3.8, 4) is 5.75 Å². The number of hydrogen-bond acceptors (Lipinski definition) is 3. The Morgan fingerprint density at radius 2 is 1.71 bits per heavy atom. The largest absolute Gasteiger partial charge is 0.505 e. The summed E-state index contributed by atoms with van der Waals surface area (Å²) in [6, 6.07) is 13.5. The molecule has 2 aromatic rings. The van der Waals surface area contributed by atoms with Gasteiger partial charge in [0, 0.05) is 12.0 Å². The third kappa shape index (κ3) is 3.82. The van der Waals surface area contributed by atoms with Gasteiger partial charge in [0.05, 0.1) is 5.69 Å². The summed E-state index contributed by atoms with van der Waals surface area (Å²) in [6.07, 6.45) is 0.125. The fourth-order valence-electron chi connectivity index (χ4n) is 1.92. The highest BCUT2D eigenvalue weighted by molar-refractivity contribution is 6.05. The first-order chi connectivity index (χ1) is 10.1. The summed E-state index contributed by atoms with van der Waals surface area (Å²) in [5.41, 5.74) is 1.24. The summed E-state index contributed by atoms with van der Waals surface area (Å²) >= 11 is 0. The molecule has 0 spiro atoms. The Kier molecular flexibility index (Phi) is 4.56. The molecule has 0 saturated heterocycles. The predicted octanol–water partition coefficient (Wildman–Crippen LogP) is 2.66. The molecule has 5 heteroatoms. The molecule has 0 aliphatic carbocycles. The number of benzene rings is 2. The lowest BCUT2D eigenvalue weighted by atomic mass is 10.1. The number of rotatable bonds is 5. The zero-order valence-electron chi connectivity index (χ0n) is 11.2. The molecule has 0 bridgehead atoms. The highest BCUT2D eigenvalue weighted by Gasteiger charge is 2.12. The number of carbonyl (C=O) groups is 2. The highest BCUT2D eigenvalue weighted by atomic mass is 16.4. The van der Waals surface area contributed by atoms with Crippen molar-refractivity contribution in [3.05, 3.63) is 59.7 Å². The lowest BCUT2D eigenvalue weighted by Crippen LogP contribution is -2.12. The zero-order valence-corrected chi connectivity index (χ0v) is 11.2. The second-order valence-corrected chi connectivity index (χ2v) is 4.53. The van der Waals surface area contributed by atoms with Gasteiger partial charge in [0.15, 0.2) is 0 Å². The first-order valence-electron chi connectivity index (χ1n) is 6.47. The average Bonchev–Trinajstić information content (AvgIpc) is 2.49. The maximum Gasteiger partial charge on any atom is 0.303 e. The summed E-state index contributed by atoms with van der Waals surface area (Å²) in [5, 5.41) is 21.4. The zero-order chi connectivity index (χ0) is 15.2. The van der Waals surface area contributed by atoms with Gasteiger partial charge in [-0.25, -0.2) is 0 Å². The molecule has 3 N–H and O–H groups in total. The fourth-order valence-corrected chi connectivity index (χ4v) is 1.92. The second kappa shape index (κ2) is 6.56. The molecule has 0 saturated carbocycles. The van der Waals surface area contributed by atoms with Crippen molar-refractivity contribution in [1.29, 1.82) is 0 Å². The van der Waals surface area contributed by atoms with E-state index in [4.69, 9.17) is 5.11 Å². The van der Waals surface area contributed by atoms with Crippen molar-refractivity contribution in [3.63, 3.8) is 0 Å². The summed E-state index contributed by atoms with van der Waals surface area (Å²) in [6.45, 7) is 0. The molecule has 21 heavy (non-hydrogen) atoms. The van der Waals surface area contributed by atoms with Crippen LogP contribution in [0.25, 0.3) is 0 Å². The van der Waals surface area contributed by atoms with Crippen LogP contribution in [0.2, 0.25) is 0 Å². The predicted molar refractivity (Wildman–Crippen MR) is 78.5 cm³/mol. The fraction of sp³-hybridized carbons (Fsp3) is 0.125. The number of amides is 1. The number of aromatic hydroxyl groups is 1. The van der Waals surface area contributed by atoms with Crippen LogP contribution in [0.1, 0.15) is 22.3 Å². The minimum atomic E-state index is -0.937.